The topological polar surface area (TPSA) is 9.23 Å². The number of ether oxygens (including phenoxy) is 1. The molecule has 0 saturated carbocycles. The lowest BCUT2D eigenvalue weighted by Crippen LogP contribution is -2.12. The molecule has 0 heterocycles. The monoisotopic (exact) mass is 194 g/mol. The van der Waals surface area contributed by atoms with Crippen LogP contribution in [0.3, 0.4) is 0 Å². The molecule has 0 spiro atoms. The Bertz CT molecular complexity index is 192. The average Bonchev–Trinajstić information content (AvgIpc) is 1.95. The van der Waals surface area contributed by atoms with Gasteiger partial charge < -0.3 is 4.74 Å². The molecule has 0 aromatic heterocycles. The van der Waals surface area contributed by atoms with Crippen molar-refractivity contribution in [2.45, 2.75) is 26.6 Å². The first kappa shape index (κ1) is 12.1. The SMILES string of the molecule is C=C/C(=C\CC(C)C)OC(F)(F)F. The van der Waals surface area contributed by atoms with Gasteiger partial charge in [0.15, 0.2) is 0 Å². The first-order valence-electron chi connectivity index (χ1n) is 3.93. The Hall–Kier alpha value is -0.930. The van der Waals surface area contributed by atoms with Gasteiger partial charge >= 0.3 is 6.36 Å². The standard InChI is InChI=1S/C9H13F3O/c1-4-8(6-5-7(2)3)13-9(10,11)12/h4,6-7H,1,5H2,2-3H3/b8-6+. The van der Waals surface area contributed by atoms with Crippen molar-refractivity contribution in [3.63, 3.8) is 0 Å². The number of allylic oxidation sites excluding steroid dienone is 2. The van der Waals surface area contributed by atoms with Crippen molar-refractivity contribution in [1.29, 1.82) is 0 Å². The average molecular weight is 194 g/mol. The van der Waals surface area contributed by atoms with Crippen molar-refractivity contribution in [1.82, 2.24) is 0 Å². The Kier molecular flexibility index (Phi) is 4.59. The van der Waals surface area contributed by atoms with E-state index in [4.69, 9.17) is 0 Å². The molecule has 76 valence electrons. The summed E-state index contributed by atoms with van der Waals surface area (Å²) in [6, 6.07) is 0. The fraction of sp³-hybridized carbons (Fsp3) is 0.556. The summed E-state index contributed by atoms with van der Waals surface area (Å²) in [4.78, 5) is 0. The number of hydrogen-bond acceptors (Lipinski definition) is 1. The molecule has 13 heavy (non-hydrogen) atoms. The summed E-state index contributed by atoms with van der Waals surface area (Å²) >= 11 is 0. The van der Waals surface area contributed by atoms with Gasteiger partial charge in [-0.15, -0.1) is 13.2 Å². The predicted molar refractivity (Wildman–Crippen MR) is 44.9 cm³/mol. The second kappa shape index (κ2) is 4.94. The second-order valence-corrected chi connectivity index (χ2v) is 2.99. The highest BCUT2D eigenvalue weighted by molar-refractivity contribution is 5.08. The summed E-state index contributed by atoms with van der Waals surface area (Å²) in [6.07, 6.45) is -1.66. The molecule has 0 aromatic carbocycles. The van der Waals surface area contributed by atoms with Crippen LogP contribution in [-0.2, 0) is 4.74 Å². The van der Waals surface area contributed by atoms with Gasteiger partial charge in [0.1, 0.15) is 5.76 Å². The lowest BCUT2D eigenvalue weighted by molar-refractivity contribution is -0.303. The van der Waals surface area contributed by atoms with E-state index in [2.05, 4.69) is 11.3 Å². The summed E-state index contributed by atoms with van der Waals surface area (Å²) in [6.45, 7) is 7.04. The summed E-state index contributed by atoms with van der Waals surface area (Å²) in [5.41, 5.74) is 0. The molecule has 0 fully saturated rings. The largest absolute Gasteiger partial charge is 0.573 e. The maximum absolute atomic E-state index is 11.7. The Morgan fingerprint density at radius 3 is 2.31 bits per heavy atom. The van der Waals surface area contributed by atoms with Crippen molar-refractivity contribution in [2.75, 3.05) is 0 Å². The van der Waals surface area contributed by atoms with Crippen LogP contribution in [0.4, 0.5) is 13.2 Å². The third kappa shape index (κ3) is 7.43. The van der Waals surface area contributed by atoms with Crippen LogP contribution < -0.4 is 0 Å². The molecular weight excluding hydrogens is 181 g/mol. The highest BCUT2D eigenvalue weighted by Crippen LogP contribution is 2.21. The van der Waals surface area contributed by atoms with Crippen molar-refractivity contribution < 1.29 is 17.9 Å². The molecular formula is C9H13F3O. The Labute approximate surface area is 75.9 Å². The zero-order chi connectivity index (χ0) is 10.5. The molecule has 0 amide bonds. The molecule has 0 aliphatic rings. The molecule has 1 nitrogen and oxygen atoms in total. The fourth-order valence-electron chi connectivity index (χ4n) is 0.652. The second-order valence-electron chi connectivity index (χ2n) is 2.99. The van der Waals surface area contributed by atoms with E-state index >= 15 is 0 Å². The van der Waals surface area contributed by atoms with Crippen molar-refractivity contribution >= 4 is 0 Å². The van der Waals surface area contributed by atoms with Crippen LogP contribution in [0.1, 0.15) is 20.3 Å². The summed E-state index contributed by atoms with van der Waals surface area (Å²) in [5, 5.41) is 0. The molecule has 4 heteroatoms. The quantitative estimate of drug-likeness (QED) is 0.490. The molecule has 0 aliphatic carbocycles. The Morgan fingerprint density at radius 1 is 1.46 bits per heavy atom. The van der Waals surface area contributed by atoms with E-state index in [9.17, 15) is 13.2 Å². The number of rotatable bonds is 4. The smallest absolute Gasteiger partial charge is 0.406 e. The van der Waals surface area contributed by atoms with Gasteiger partial charge in [-0.2, -0.15) is 0 Å². The van der Waals surface area contributed by atoms with E-state index < -0.39 is 6.36 Å². The van der Waals surface area contributed by atoms with Crippen molar-refractivity contribution in [2.24, 2.45) is 5.92 Å². The lowest BCUT2D eigenvalue weighted by Gasteiger charge is -2.09. The van der Waals surface area contributed by atoms with Crippen LogP contribution in [0.15, 0.2) is 24.5 Å². The third-order valence-corrected chi connectivity index (χ3v) is 1.23. The number of hydrogen-bond donors (Lipinski definition) is 0. The summed E-state index contributed by atoms with van der Waals surface area (Å²) in [7, 11) is 0. The number of alkyl halides is 3. The minimum Gasteiger partial charge on any atom is -0.406 e. The van der Waals surface area contributed by atoms with Gasteiger partial charge in [-0.05, 0) is 24.5 Å². The normalized spacial score (nSPS) is 13.2. The summed E-state index contributed by atoms with van der Waals surface area (Å²) < 4.78 is 38.8. The molecule has 0 N–H and O–H groups in total. The molecule has 0 bridgehead atoms. The van der Waals surface area contributed by atoms with Gasteiger partial charge in [-0.1, -0.05) is 20.4 Å². The molecule has 0 aliphatic heterocycles. The molecule has 0 rings (SSSR count). The van der Waals surface area contributed by atoms with Crippen LogP contribution in [0.2, 0.25) is 0 Å². The first-order chi connectivity index (χ1) is 5.85. The van der Waals surface area contributed by atoms with E-state index in [1.807, 2.05) is 13.8 Å². The van der Waals surface area contributed by atoms with Crippen molar-refractivity contribution in [3.05, 3.63) is 24.5 Å². The minimum absolute atomic E-state index is 0.235. The van der Waals surface area contributed by atoms with E-state index in [-0.39, 0.29) is 5.76 Å². The van der Waals surface area contributed by atoms with Crippen LogP contribution >= 0.6 is 0 Å². The first-order valence-corrected chi connectivity index (χ1v) is 3.93. The molecule has 0 radical (unpaired) electrons. The van der Waals surface area contributed by atoms with Gasteiger partial charge in [-0.3, -0.25) is 0 Å². The van der Waals surface area contributed by atoms with Gasteiger partial charge in [0.2, 0.25) is 0 Å². The molecule has 0 unspecified atom stereocenters. The van der Waals surface area contributed by atoms with Gasteiger partial charge in [-0.25, -0.2) is 0 Å². The highest BCUT2D eigenvalue weighted by Gasteiger charge is 2.31. The van der Waals surface area contributed by atoms with Crippen molar-refractivity contribution in [3.8, 4) is 0 Å². The van der Waals surface area contributed by atoms with Crippen LogP contribution in [0.5, 0.6) is 0 Å². The Morgan fingerprint density at radius 2 is 2.00 bits per heavy atom. The maximum atomic E-state index is 11.7. The zero-order valence-corrected chi connectivity index (χ0v) is 7.69. The fourth-order valence-corrected chi connectivity index (χ4v) is 0.652. The maximum Gasteiger partial charge on any atom is 0.573 e. The number of halogens is 3. The van der Waals surface area contributed by atoms with Crippen LogP contribution in [0, 0.1) is 5.92 Å². The molecule has 0 aromatic rings. The third-order valence-electron chi connectivity index (χ3n) is 1.23. The minimum atomic E-state index is -4.63. The van der Waals surface area contributed by atoms with E-state index in [1.165, 1.54) is 6.08 Å². The van der Waals surface area contributed by atoms with E-state index in [0.717, 1.165) is 6.08 Å². The van der Waals surface area contributed by atoms with Crippen LogP contribution in [-0.4, -0.2) is 6.36 Å². The van der Waals surface area contributed by atoms with Gasteiger partial charge in [0.25, 0.3) is 0 Å². The highest BCUT2D eigenvalue weighted by atomic mass is 19.4. The predicted octanol–water partition coefficient (Wildman–Crippen LogP) is 3.64. The molecule has 0 atom stereocenters. The lowest BCUT2D eigenvalue weighted by atomic mass is 10.1. The van der Waals surface area contributed by atoms with Gasteiger partial charge in [0, 0.05) is 0 Å². The summed E-state index contributed by atoms with van der Waals surface area (Å²) in [5.74, 6) is 0.0629. The van der Waals surface area contributed by atoms with E-state index in [1.54, 1.807) is 0 Å². The Balaban J connectivity index is 4.18. The van der Waals surface area contributed by atoms with E-state index in [0.29, 0.717) is 12.3 Å². The zero-order valence-electron chi connectivity index (χ0n) is 7.69. The van der Waals surface area contributed by atoms with Crippen LogP contribution in [0.25, 0.3) is 0 Å². The molecule has 0 saturated heterocycles. The van der Waals surface area contributed by atoms with Gasteiger partial charge in [0.05, 0.1) is 0 Å².